The van der Waals surface area contributed by atoms with E-state index in [1.165, 1.54) is 0 Å². The zero-order chi connectivity index (χ0) is 14.3. The maximum absolute atomic E-state index is 12.6. The molecular weight excluding hydrogens is 267 g/mol. The molecule has 3 rings (SSSR count). The third-order valence-electron chi connectivity index (χ3n) is 3.51. The molecule has 3 nitrogen and oxygen atoms in total. The van der Waals surface area contributed by atoms with Gasteiger partial charge in [0.2, 0.25) is 5.95 Å². The SMILES string of the molecule is Cc1cn2c(n1)NCCC2c1ccc(C(F)(F)F)cc1. The van der Waals surface area contributed by atoms with Crippen LogP contribution < -0.4 is 5.32 Å². The lowest BCUT2D eigenvalue weighted by Gasteiger charge is -2.26. The molecule has 0 fully saturated rings. The molecule has 6 heteroatoms. The van der Waals surface area contributed by atoms with Crippen molar-refractivity contribution in [3.63, 3.8) is 0 Å². The van der Waals surface area contributed by atoms with Gasteiger partial charge in [0, 0.05) is 12.7 Å². The first-order valence-corrected chi connectivity index (χ1v) is 6.41. The highest BCUT2D eigenvalue weighted by molar-refractivity contribution is 5.36. The van der Waals surface area contributed by atoms with E-state index in [-0.39, 0.29) is 6.04 Å². The number of anilines is 1. The molecule has 0 radical (unpaired) electrons. The van der Waals surface area contributed by atoms with Crippen molar-refractivity contribution in [2.24, 2.45) is 0 Å². The van der Waals surface area contributed by atoms with Gasteiger partial charge in [0.15, 0.2) is 0 Å². The number of nitrogens with one attached hydrogen (secondary N) is 1. The van der Waals surface area contributed by atoms with Crippen molar-refractivity contribution in [1.29, 1.82) is 0 Å². The molecule has 1 aliphatic heterocycles. The second kappa shape index (κ2) is 4.54. The van der Waals surface area contributed by atoms with Crippen LogP contribution >= 0.6 is 0 Å². The van der Waals surface area contributed by atoms with Crippen molar-refractivity contribution in [1.82, 2.24) is 9.55 Å². The lowest BCUT2D eigenvalue weighted by Crippen LogP contribution is -2.23. The van der Waals surface area contributed by atoms with E-state index in [2.05, 4.69) is 10.3 Å². The molecule has 2 aromatic rings. The average Bonchev–Trinajstić information content (AvgIpc) is 2.78. The number of alkyl halides is 3. The van der Waals surface area contributed by atoms with E-state index in [0.717, 1.165) is 42.3 Å². The quantitative estimate of drug-likeness (QED) is 0.865. The van der Waals surface area contributed by atoms with Gasteiger partial charge in [-0.25, -0.2) is 4.98 Å². The van der Waals surface area contributed by atoms with Crippen molar-refractivity contribution in [2.75, 3.05) is 11.9 Å². The molecule has 0 amide bonds. The minimum absolute atomic E-state index is 0.0368. The third kappa shape index (κ3) is 2.26. The molecular formula is C14H14F3N3. The predicted octanol–water partition coefficient (Wildman–Crippen LogP) is 3.62. The fourth-order valence-corrected chi connectivity index (χ4v) is 2.57. The molecule has 0 spiro atoms. The lowest BCUT2D eigenvalue weighted by molar-refractivity contribution is -0.137. The standard InChI is InChI=1S/C14H14F3N3/c1-9-8-20-12(6-7-18-13(20)19-9)10-2-4-11(5-3-10)14(15,16)17/h2-5,8,12H,6-7H2,1H3,(H,18,19). The molecule has 0 saturated heterocycles. The number of nitrogens with zero attached hydrogens (tertiary/aromatic N) is 2. The number of hydrogen-bond donors (Lipinski definition) is 1. The van der Waals surface area contributed by atoms with Gasteiger partial charge in [-0.15, -0.1) is 0 Å². The van der Waals surface area contributed by atoms with Gasteiger partial charge in [0.05, 0.1) is 17.3 Å². The Hall–Kier alpha value is -1.98. The molecule has 1 aromatic heterocycles. The molecule has 2 heterocycles. The Morgan fingerprint density at radius 1 is 1.25 bits per heavy atom. The zero-order valence-electron chi connectivity index (χ0n) is 10.9. The Labute approximate surface area is 114 Å². The number of aromatic nitrogens is 2. The fourth-order valence-electron chi connectivity index (χ4n) is 2.57. The van der Waals surface area contributed by atoms with Crippen LogP contribution in [-0.2, 0) is 6.18 Å². The maximum Gasteiger partial charge on any atom is 0.416 e. The molecule has 1 atom stereocenters. The fraction of sp³-hybridized carbons (Fsp3) is 0.357. The second-order valence-corrected chi connectivity index (χ2v) is 4.96. The molecule has 1 N–H and O–H groups in total. The van der Waals surface area contributed by atoms with Crippen LogP contribution in [0.4, 0.5) is 19.1 Å². The highest BCUT2D eigenvalue weighted by atomic mass is 19.4. The van der Waals surface area contributed by atoms with Crippen molar-refractivity contribution in [2.45, 2.75) is 25.6 Å². The monoisotopic (exact) mass is 281 g/mol. The first-order chi connectivity index (χ1) is 9.45. The van der Waals surface area contributed by atoms with Crippen LogP contribution in [-0.4, -0.2) is 16.1 Å². The van der Waals surface area contributed by atoms with E-state index in [4.69, 9.17) is 0 Å². The van der Waals surface area contributed by atoms with E-state index in [9.17, 15) is 13.2 Å². The first kappa shape index (κ1) is 13.0. The van der Waals surface area contributed by atoms with Gasteiger partial charge in [-0.05, 0) is 31.0 Å². The summed E-state index contributed by atoms with van der Waals surface area (Å²) in [6.07, 6.45) is -1.54. The highest BCUT2D eigenvalue weighted by Crippen LogP contribution is 2.33. The summed E-state index contributed by atoms with van der Waals surface area (Å²) in [5, 5.41) is 3.19. The van der Waals surface area contributed by atoms with Gasteiger partial charge in [0.25, 0.3) is 0 Å². The molecule has 106 valence electrons. The van der Waals surface area contributed by atoms with Crippen LogP contribution in [0.3, 0.4) is 0 Å². The highest BCUT2D eigenvalue weighted by Gasteiger charge is 2.30. The van der Waals surface area contributed by atoms with Crippen LogP contribution in [0.2, 0.25) is 0 Å². The van der Waals surface area contributed by atoms with Crippen LogP contribution in [0.5, 0.6) is 0 Å². The number of halogens is 3. The van der Waals surface area contributed by atoms with E-state index >= 15 is 0 Å². The van der Waals surface area contributed by atoms with Gasteiger partial charge in [-0.3, -0.25) is 0 Å². The number of aryl methyl sites for hydroxylation is 1. The number of fused-ring (bicyclic) bond motifs is 1. The zero-order valence-corrected chi connectivity index (χ0v) is 10.9. The summed E-state index contributed by atoms with van der Waals surface area (Å²) >= 11 is 0. The van der Waals surface area contributed by atoms with E-state index in [0.29, 0.717) is 0 Å². The smallest absolute Gasteiger partial charge is 0.356 e. The molecule has 1 aromatic carbocycles. The van der Waals surface area contributed by atoms with Gasteiger partial charge < -0.3 is 9.88 Å². The largest absolute Gasteiger partial charge is 0.416 e. The van der Waals surface area contributed by atoms with Crippen LogP contribution in [0, 0.1) is 6.92 Å². The van der Waals surface area contributed by atoms with E-state index < -0.39 is 11.7 Å². The maximum atomic E-state index is 12.6. The summed E-state index contributed by atoms with van der Waals surface area (Å²) in [5.41, 5.74) is 1.15. The summed E-state index contributed by atoms with van der Waals surface area (Å²) in [6, 6.07) is 5.42. The number of hydrogen-bond acceptors (Lipinski definition) is 2. The normalized spacial score (nSPS) is 18.5. The van der Waals surface area contributed by atoms with Gasteiger partial charge in [0.1, 0.15) is 0 Å². The first-order valence-electron chi connectivity index (χ1n) is 6.41. The Morgan fingerprint density at radius 2 is 1.95 bits per heavy atom. The lowest BCUT2D eigenvalue weighted by atomic mass is 10.0. The molecule has 1 unspecified atom stereocenters. The molecule has 0 aliphatic carbocycles. The molecule has 20 heavy (non-hydrogen) atoms. The minimum atomic E-state index is -4.29. The number of imidazole rings is 1. The summed E-state index contributed by atoms with van der Waals surface area (Å²) < 4.78 is 39.7. The van der Waals surface area contributed by atoms with E-state index in [1.54, 1.807) is 12.1 Å². The van der Waals surface area contributed by atoms with Crippen LogP contribution in [0.1, 0.15) is 29.3 Å². The Kier molecular flexibility index (Phi) is 2.96. The van der Waals surface area contributed by atoms with Crippen LogP contribution in [0.25, 0.3) is 0 Å². The van der Waals surface area contributed by atoms with Gasteiger partial charge >= 0.3 is 6.18 Å². The van der Waals surface area contributed by atoms with Crippen molar-refractivity contribution >= 4 is 5.95 Å². The summed E-state index contributed by atoms with van der Waals surface area (Å²) in [4.78, 5) is 4.36. The topological polar surface area (TPSA) is 29.9 Å². The van der Waals surface area contributed by atoms with Gasteiger partial charge in [-0.2, -0.15) is 13.2 Å². The van der Waals surface area contributed by atoms with E-state index in [1.807, 2.05) is 17.7 Å². The van der Waals surface area contributed by atoms with Crippen LogP contribution in [0.15, 0.2) is 30.5 Å². The third-order valence-corrected chi connectivity index (χ3v) is 3.51. The van der Waals surface area contributed by atoms with Gasteiger partial charge in [-0.1, -0.05) is 12.1 Å². The second-order valence-electron chi connectivity index (χ2n) is 4.96. The van der Waals surface area contributed by atoms with Crippen molar-refractivity contribution in [3.05, 3.63) is 47.3 Å². The van der Waals surface area contributed by atoms with Crippen molar-refractivity contribution < 1.29 is 13.2 Å². The molecule has 0 bridgehead atoms. The summed E-state index contributed by atoms with van der Waals surface area (Å²) in [7, 11) is 0. The summed E-state index contributed by atoms with van der Waals surface area (Å²) in [5.74, 6) is 0.777. The summed E-state index contributed by atoms with van der Waals surface area (Å²) in [6.45, 7) is 2.67. The Morgan fingerprint density at radius 3 is 2.60 bits per heavy atom. The minimum Gasteiger partial charge on any atom is -0.356 e. The molecule has 1 aliphatic rings. The average molecular weight is 281 g/mol. The van der Waals surface area contributed by atoms with Crippen molar-refractivity contribution in [3.8, 4) is 0 Å². The number of benzene rings is 1. The predicted molar refractivity (Wildman–Crippen MR) is 69.7 cm³/mol. The Balaban J connectivity index is 1.94. The number of rotatable bonds is 1. The molecule has 0 saturated carbocycles. The Bertz CT molecular complexity index is 614.